The molecule has 1 fully saturated rings. The van der Waals surface area contributed by atoms with Gasteiger partial charge in [0.05, 0.1) is 25.0 Å². The third-order valence-electron chi connectivity index (χ3n) is 6.94. The van der Waals surface area contributed by atoms with Gasteiger partial charge in [-0.15, -0.1) is 0 Å². The molecular formula is C27H32N4O3. The van der Waals surface area contributed by atoms with Crippen molar-refractivity contribution in [3.63, 3.8) is 0 Å². The number of piperidine rings is 1. The van der Waals surface area contributed by atoms with Gasteiger partial charge in [0.2, 0.25) is 5.91 Å². The van der Waals surface area contributed by atoms with Crippen LogP contribution >= 0.6 is 0 Å². The second-order valence-electron chi connectivity index (χ2n) is 9.19. The van der Waals surface area contributed by atoms with Crippen LogP contribution in [-0.2, 0) is 11.2 Å². The minimum Gasteiger partial charge on any atom is -0.497 e. The highest BCUT2D eigenvalue weighted by atomic mass is 16.5. The molecule has 34 heavy (non-hydrogen) atoms. The smallest absolute Gasteiger partial charge is 0.224 e. The third kappa shape index (κ3) is 4.28. The molecule has 0 spiro atoms. The largest absolute Gasteiger partial charge is 0.497 e. The van der Waals surface area contributed by atoms with E-state index in [9.17, 15) is 4.79 Å². The number of carbonyl (C=O) groups excluding carboxylic acids is 1. The molecular weight excluding hydrogens is 428 g/mol. The lowest BCUT2D eigenvalue weighted by Crippen LogP contribution is -2.40. The number of nitrogens with zero attached hydrogens (tertiary/aromatic N) is 3. The predicted molar refractivity (Wildman–Crippen MR) is 133 cm³/mol. The summed E-state index contributed by atoms with van der Waals surface area (Å²) in [6, 6.07) is 12.3. The molecule has 0 aliphatic carbocycles. The summed E-state index contributed by atoms with van der Waals surface area (Å²) in [6.07, 6.45) is 7.93. The molecule has 7 nitrogen and oxygen atoms in total. The number of ether oxygens (including phenoxy) is 2. The van der Waals surface area contributed by atoms with Crippen molar-refractivity contribution in [3.8, 4) is 28.4 Å². The Morgan fingerprint density at radius 2 is 1.91 bits per heavy atom. The zero-order valence-corrected chi connectivity index (χ0v) is 20.1. The molecule has 178 valence electrons. The number of benzene rings is 2. The van der Waals surface area contributed by atoms with E-state index < -0.39 is 0 Å². The van der Waals surface area contributed by atoms with Crippen LogP contribution < -0.4 is 19.7 Å². The number of nitrogens with one attached hydrogen (secondary N) is 1. The fourth-order valence-electron chi connectivity index (χ4n) is 5.16. The monoisotopic (exact) mass is 460 g/mol. The van der Waals surface area contributed by atoms with Crippen LogP contribution in [0.1, 0.15) is 44.7 Å². The van der Waals surface area contributed by atoms with Gasteiger partial charge in [-0.2, -0.15) is 5.10 Å². The molecule has 1 N–H and O–H groups in total. The molecule has 0 saturated carbocycles. The molecule has 2 aromatic carbocycles. The molecule has 0 radical (unpaired) electrons. The number of fused-ring (bicyclic) bond motifs is 1. The van der Waals surface area contributed by atoms with Crippen molar-refractivity contribution in [2.75, 3.05) is 25.1 Å². The summed E-state index contributed by atoms with van der Waals surface area (Å²) in [5, 5.41) is 8.12. The van der Waals surface area contributed by atoms with Gasteiger partial charge in [0.15, 0.2) is 0 Å². The standard InChI is InChI=1S/C27H32N4O3/c1-18-7-8-25-26(31(18)19(2)32)10-9-24(27(25)34-23-6-4-5-22(15-23)33-3)20-16-29-30(17-20)21-11-13-28-14-12-21/h4-6,9-10,15-18,21,28H,7-8,11-14H2,1-3H3/t18-/m0/s1. The fourth-order valence-corrected chi connectivity index (χ4v) is 5.16. The van der Waals surface area contributed by atoms with Crippen molar-refractivity contribution < 1.29 is 14.3 Å². The Hall–Kier alpha value is -3.32. The van der Waals surface area contributed by atoms with E-state index in [0.717, 1.165) is 72.6 Å². The lowest BCUT2D eigenvalue weighted by atomic mass is 9.92. The van der Waals surface area contributed by atoms with Crippen molar-refractivity contribution in [2.24, 2.45) is 0 Å². The molecule has 0 unspecified atom stereocenters. The number of hydrogen-bond acceptors (Lipinski definition) is 5. The van der Waals surface area contributed by atoms with Gasteiger partial charge in [-0.05, 0) is 70.0 Å². The minimum atomic E-state index is 0.0484. The van der Waals surface area contributed by atoms with E-state index in [0.29, 0.717) is 11.8 Å². The number of amides is 1. The molecule has 7 heteroatoms. The lowest BCUT2D eigenvalue weighted by molar-refractivity contribution is -0.117. The van der Waals surface area contributed by atoms with Gasteiger partial charge in [-0.25, -0.2) is 0 Å². The first-order chi connectivity index (χ1) is 16.5. The maximum atomic E-state index is 12.5. The second kappa shape index (κ2) is 9.50. The van der Waals surface area contributed by atoms with E-state index in [1.54, 1.807) is 14.0 Å². The fraction of sp³-hybridized carbons (Fsp3) is 0.407. The van der Waals surface area contributed by atoms with Crippen LogP contribution in [-0.4, -0.2) is 41.9 Å². The molecule has 0 bridgehead atoms. The van der Waals surface area contributed by atoms with Gasteiger partial charge in [0.1, 0.15) is 17.2 Å². The van der Waals surface area contributed by atoms with Crippen LogP contribution in [0, 0.1) is 0 Å². The van der Waals surface area contributed by atoms with E-state index in [-0.39, 0.29) is 11.9 Å². The number of hydrogen-bond donors (Lipinski definition) is 1. The van der Waals surface area contributed by atoms with Crippen molar-refractivity contribution in [2.45, 2.75) is 51.6 Å². The van der Waals surface area contributed by atoms with Gasteiger partial charge in [-0.1, -0.05) is 6.07 Å². The van der Waals surface area contributed by atoms with Gasteiger partial charge in [0.25, 0.3) is 0 Å². The Morgan fingerprint density at radius 3 is 2.68 bits per heavy atom. The van der Waals surface area contributed by atoms with Crippen LogP contribution in [0.5, 0.6) is 17.2 Å². The van der Waals surface area contributed by atoms with Gasteiger partial charge < -0.3 is 19.7 Å². The molecule has 5 rings (SSSR count). The number of methoxy groups -OCH3 is 1. The Morgan fingerprint density at radius 1 is 1.12 bits per heavy atom. The molecule has 2 aliphatic heterocycles. The highest BCUT2D eigenvalue weighted by molar-refractivity contribution is 5.95. The normalized spacial score (nSPS) is 18.4. The molecule has 3 aromatic rings. The van der Waals surface area contributed by atoms with Crippen molar-refractivity contribution in [1.82, 2.24) is 15.1 Å². The lowest BCUT2D eigenvalue weighted by Gasteiger charge is -2.36. The van der Waals surface area contributed by atoms with E-state index >= 15 is 0 Å². The zero-order valence-electron chi connectivity index (χ0n) is 20.1. The van der Waals surface area contributed by atoms with Crippen LogP contribution in [0.15, 0.2) is 48.8 Å². The quantitative estimate of drug-likeness (QED) is 0.583. The minimum absolute atomic E-state index is 0.0484. The number of aromatic nitrogens is 2. The maximum Gasteiger partial charge on any atom is 0.224 e. The summed E-state index contributed by atoms with van der Waals surface area (Å²) in [6.45, 7) is 5.76. The van der Waals surface area contributed by atoms with Gasteiger partial charge >= 0.3 is 0 Å². The zero-order chi connectivity index (χ0) is 23.7. The Labute approximate surface area is 200 Å². The molecule has 1 saturated heterocycles. The predicted octanol–water partition coefficient (Wildman–Crippen LogP) is 4.96. The molecule has 2 aliphatic rings. The average Bonchev–Trinajstić information content (AvgIpc) is 3.34. The highest BCUT2D eigenvalue weighted by Crippen LogP contribution is 2.45. The summed E-state index contributed by atoms with van der Waals surface area (Å²) >= 11 is 0. The number of anilines is 1. The van der Waals surface area contributed by atoms with E-state index in [2.05, 4.69) is 35.3 Å². The Kier molecular flexibility index (Phi) is 6.28. The molecule has 3 heterocycles. The van der Waals surface area contributed by atoms with Crippen LogP contribution in [0.3, 0.4) is 0 Å². The van der Waals surface area contributed by atoms with E-state index in [4.69, 9.17) is 14.6 Å². The first-order valence-corrected chi connectivity index (χ1v) is 12.1. The Balaban J connectivity index is 1.60. The summed E-state index contributed by atoms with van der Waals surface area (Å²) < 4.78 is 14.1. The number of rotatable bonds is 5. The molecule has 1 aromatic heterocycles. The summed E-state index contributed by atoms with van der Waals surface area (Å²) in [5.41, 5.74) is 3.99. The Bertz CT molecular complexity index is 1180. The van der Waals surface area contributed by atoms with E-state index in [1.807, 2.05) is 35.4 Å². The topological polar surface area (TPSA) is 68.6 Å². The molecule has 1 atom stereocenters. The van der Waals surface area contributed by atoms with Crippen molar-refractivity contribution in [3.05, 3.63) is 54.4 Å². The van der Waals surface area contributed by atoms with E-state index in [1.165, 1.54) is 0 Å². The highest BCUT2D eigenvalue weighted by Gasteiger charge is 2.30. The number of carbonyl (C=O) groups is 1. The second-order valence-corrected chi connectivity index (χ2v) is 9.19. The third-order valence-corrected chi connectivity index (χ3v) is 6.94. The summed E-state index contributed by atoms with van der Waals surface area (Å²) in [4.78, 5) is 14.4. The summed E-state index contributed by atoms with van der Waals surface area (Å²) in [5.74, 6) is 2.27. The van der Waals surface area contributed by atoms with Crippen LogP contribution in [0.4, 0.5) is 5.69 Å². The maximum absolute atomic E-state index is 12.5. The van der Waals surface area contributed by atoms with Crippen molar-refractivity contribution in [1.29, 1.82) is 0 Å². The summed E-state index contributed by atoms with van der Waals surface area (Å²) in [7, 11) is 1.65. The van der Waals surface area contributed by atoms with Gasteiger partial charge in [-0.3, -0.25) is 9.48 Å². The van der Waals surface area contributed by atoms with Crippen LogP contribution in [0.25, 0.3) is 11.1 Å². The first kappa shape index (κ1) is 22.5. The first-order valence-electron chi connectivity index (χ1n) is 12.1. The average molecular weight is 461 g/mol. The van der Waals surface area contributed by atoms with Crippen molar-refractivity contribution >= 4 is 11.6 Å². The van der Waals surface area contributed by atoms with Gasteiger partial charge in [0, 0.05) is 41.9 Å². The SMILES string of the molecule is COc1cccc(Oc2c(-c3cnn(C4CCNCC4)c3)ccc3c2CC[C@H](C)N3C(C)=O)c1. The van der Waals surface area contributed by atoms with Crippen LogP contribution in [0.2, 0.25) is 0 Å². The molecule has 1 amide bonds.